The zero-order valence-electron chi connectivity index (χ0n) is 9.81. The number of hydrogen-bond acceptors (Lipinski definition) is 3. The number of nitrogens with zero attached hydrogens (tertiary/aromatic N) is 1. The largest absolute Gasteiger partial charge is 0.480 e. The fraction of sp³-hybridized carbons (Fsp3) is 0.818. The Balaban J connectivity index is 2.58. The van der Waals surface area contributed by atoms with E-state index in [9.17, 15) is 9.59 Å². The molecular weight excluding hydrogens is 226 g/mol. The highest BCUT2D eigenvalue weighted by molar-refractivity contribution is 8.00. The van der Waals surface area contributed by atoms with Crippen LogP contribution < -0.4 is 0 Å². The van der Waals surface area contributed by atoms with E-state index in [1.807, 2.05) is 13.8 Å². The Morgan fingerprint density at radius 1 is 1.50 bits per heavy atom. The van der Waals surface area contributed by atoms with Crippen LogP contribution in [-0.4, -0.2) is 46.0 Å². The number of thioether (sulfide) groups is 1. The number of hydrogen-bond donors (Lipinski definition) is 1. The number of carbonyl (C=O) groups excluding carboxylic acids is 1. The normalized spacial score (nSPS) is 20.1. The molecule has 1 aliphatic rings. The highest BCUT2D eigenvalue weighted by Gasteiger charge is 2.29. The summed E-state index contributed by atoms with van der Waals surface area (Å²) in [7, 11) is 0. The molecule has 16 heavy (non-hydrogen) atoms. The molecule has 0 aromatic rings. The molecule has 1 N–H and O–H groups in total. The van der Waals surface area contributed by atoms with Crippen molar-refractivity contribution in [3.8, 4) is 0 Å². The summed E-state index contributed by atoms with van der Waals surface area (Å²) in [6, 6.07) is 0. The average molecular weight is 245 g/mol. The zero-order valence-corrected chi connectivity index (χ0v) is 10.6. The molecule has 0 aromatic heterocycles. The summed E-state index contributed by atoms with van der Waals surface area (Å²) in [5.74, 6) is 0.379. The summed E-state index contributed by atoms with van der Waals surface area (Å²) in [6.45, 7) is 4.34. The number of rotatable bonds is 5. The van der Waals surface area contributed by atoms with Crippen LogP contribution >= 0.6 is 11.8 Å². The Morgan fingerprint density at radius 3 is 2.62 bits per heavy atom. The Kier molecular flexibility index (Phi) is 5.12. The van der Waals surface area contributed by atoms with Gasteiger partial charge in [-0.2, -0.15) is 0 Å². The van der Waals surface area contributed by atoms with Gasteiger partial charge in [0.25, 0.3) is 0 Å². The summed E-state index contributed by atoms with van der Waals surface area (Å²) in [5, 5.41) is 8.77. The van der Waals surface area contributed by atoms with Crippen LogP contribution in [0.4, 0.5) is 0 Å². The highest BCUT2D eigenvalue weighted by Crippen LogP contribution is 2.27. The zero-order chi connectivity index (χ0) is 12.1. The molecule has 0 saturated carbocycles. The molecule has 1 fully saturated rings. The third-order valence-corrected chi connectivity index (χ3v) is 3.79. The van der Waals surface area contributed by atoms with Crippen LogP contribution in [0.5, 0.6) is 0 Å². The summed E-state index contributed by atoms with van der Waals surface area (Å²) >= 11 is 1.65. The first kappa shape index (κ1) is 13.4. The van der Waals surface area contributed by atoms with Gasteiger partial charge in [-0.15, -0.1) is 11.8 Å². The van der Waals surface area contributed by atoms with Gasteiger partial charge in [0.1, 0.15) is 6.54 Å². The van der Waals surface area contributed by atoms with Crippen molar-refractivity contribution >= 4 is 23.6 Å². The second-order valence-corrected chi connectivity index (χ2v) is 5.82. The van der Waals surface area contributed by atoms with Gasteiger partial charge < -0.3 is 10.0 Å². The highest BCUT2D eigenvalue weighted by atomic mass is 32.2. The Hall–Kier alpha value is -0.710. The first-order valence-electron chi connectivity index (χ1n) is 5.63. The minimum atomic E-state index is -0.933. The molecule has 0 spiro atoms. The van der Waals surface area contributed by atoms with Crippen molar-refractivity contribution in [2.24, 2.45) is 5.92 Å². The van der Waals surface area contributed by atoms with Gasteiger partial charge in [-0.1, -0.05) is 13.8 Å². The molecule has 0 aromatic carbocycles. The third-order valence-electron chi connectivity index (χ3n) is 2.43. The number of aliphatic carboxylic acids is 1. The standard InChI is InChI=1S/C11H19NO3S/c1-8(2)6-12(7-10(13)14)11(15)9-4-3-5-16-9/h8-9H,3-7H2,1-2H3,(H,13,14). The van der Waals surface area contributed by atoms with Crippen LogP contribution in [0.3, 0.4) is 0 Å². The molecule has 1 atom stereocenters. The van der Waals surface area contributed by atoms with E-state index in [1.165, 1.54) is 4.90 Å². The summed E-state index contributed by atoms with van der Waals surface area (Å²) < 4.78 is 0. The summed E-state index contributed by atoms with van der Waals surface area (Å²) in [4.78, 5) is 24.3. The fourth-order valence-corrected chi connectivity index (χ4v) is 3.06. The second-order valence-electron chi connectivity index (χ2n) is 4.51. The lowest BCUT2D eigenvalue weighted by atomic mass is 10.1. The predicted molar refractivity (Wildman–Crippen MR) is 64.5 cm³/mol. The van der Waals surface area contributed by atoms with E-state index < -0.39 is 5.97 Å². The van der Waals surface area contributed by atoms with Gasteiger partial charge in [-0.25, -0.2) is 0 Å². The molecule has 5 heteroatoms. The molecular formula is C11H19NO3S. The SMILES string of the molecule is CC(C)CN(CC(=O)O)C(=O)C1CCCS1. The molecule has 1 heterocycles. The molecule has 0 aliphatic carbocycles. The molecule has 0 radical (unpaired) electrons. The van der Waals surface area contributed by atoms with Crippen molar-refractivity contribution in [2.45, 2.75) is 31.9 Å². The van der Waals surface area contributed by atoms with E-state index in [-0.39, 0.29) is 17.7 Å². The van der Waals surface area contributed by atoms with Gasteiger partial charge >= 0.3 is 5.97 Å². The van der Waals surface area contributed by atoms with Crippen LogP contribution in [0.15, 0.2) is 0 Å². The van der Waals surface area contributed by atoms with Crippen molar-refractivity contribution < 1.29 is 14.7 Å². The average Bonchev–Trinajstić information content (AvgIpc) is 2.66. The topological polar surface area (TPSA) is 57.6 Å². The number of carboxylic acids is 1. The molecule has 1 aliphatic heterocycles. The number of carbonyl (C=O) groups is 2. The Labute approximate surface area is 100 Å². The van der Waals surface area contributed by atoms with E-state index in [0.717, 1.165) is 18.6 Å². The van der Waals surface area contributed by atoms with Gasteiger partial charge in [0, 0.05) is 6.54 Å². The van der Waals surface area contributed by atoms with E-state index in [2.05, 4.69) is 0 Å². The van der Waals surface area contributed by atoms with Crippen molar-refractivity contribution in [3.63, 3.8) is 0 Å². The maximum Gasteiger partial charge on any atom is 0.323 e. The van der Waals surface area contributed by atoms with Crippen molar-refractivity contribution in [2.75, 3.05) is 18.8 Å². The quantitative estimate of drug-likeness (QED) is 0.796. The lowest BCUT2D eigenvalue weighted by Gasteiger charge is -2.25. The Bertz CT molecular complexity index is 262. The third kappa shape index (κ3) is 4.04. The van der Waals surface area contributed by atoms with Crippen molar-refractivity contribution in [1.82, 2.24) is 4.90 Å². The van der Waals surface area contributed by atoms with E-state index in [0.29, 0.717) is 12.5 Å². The summed E-state index contributed by atoms with van der Waals surface area (Å²) in [6.07, 6.45) is 1.95. The van der Waals surface area contributed by atoms with Gasteiger partial charge in [-0.3, -0.25) is 9.59 Å². The van der Waals surface area contributed by atoms with Crippen LogP contribution in [0.1, 0.15) is 26.7 Å². The van der Waals surface area contributed by atoms with Crippen molar-refractivity contribution in [1.29, 1.82) is 0 Å². The van der Waals surface area contributed by atoms with Crippen LogP contribution in [0, 0.1) is 5.92 Å². The minimum Gasteiger partial charge on any atom is -0.480 e. The fourth-order valence-electron chi connectivity index (χ4n) is 1.81. The molecule has 92 valence electrons. The molecule has 1 rings (SSSR count). The summed E-state index contributed by atoms with van der Waals surface area (Å²) in [5.41, 5.74) is 0. The number of amides is 1. The van der Waals surface area contributed by atoms with Crippen LogP contribution in [0.25, 0.3) is 0 Å². The van der Waals surface area contributed by atoms with E-state index in [1.54, 1.807) is 11.8 Å². The molecule has 1 unspecified atom stereocenters. The van der Waals surface area contributed by atoms with E-state index in [4.69, 9.17) is 5.11 Å². The monoisotopic (exact) mass is 245 g/mol. The molecule has 0 bridgehead atoms. The van der Waals surface area contributed by atoms with Gasteiger partial charge in [0.05, 0.1) is 5.25 Å². The smallest absolute Gasteiger partial charge is 0.323 e. The second kappa shape index (κ2) is 6.13. The van der Waals surface area contributed by atoms with Crippen LogP contribution in [0.2, 0.25) is 0 Å². The lowest BCUT2D eigenvalue weighted by Crippen LogP contribution is -2.42. The molecule has 4 nitrogen and oxygen atoms in total. The maximum atomic E-state index is 12.1. The lowest BCUT2D eigenvalue weighted by molar-refractivity contribution is -0.144. The van der Waals surface area contributed by atoms with Crippen molar-refractivity contribution in [3.05, 3.63) is 0 Å². The first-order chi connectivity index (χ1) is 7.50. The predicted octanol–water partition coefficient (Wildman–Crippen LogP) is 1.45. The Morgan fingerprint density at radius 2 is 2.19 bits per heavy atom. The van der Waals surface area contributed by atoms with Gasteiger partial charge in [0.15, 0.2) is 0 Å². The van der Waals surface area contributed by atoms with Gasteiger partial charge in [0.2, 0.25) is 5.91 Å². The molecule has 1 saturated heterocycles. The van der Waals surface area contributed by atoms with Crippen LogP contribution in [-0.2, 0) is 9.59 Å². The number of carboxylic acid groups (broad SMARTS) is 1. The van der Waals surface area contributed by atoms with Gasteiger partial charge in [-0.05, 0) is 24.5 Å². The van der Waals surface area contributed by atoms with E-state index >= 15 is 0 Å². The maximum absolute atomic E-state index is 12.1. The minimum absolute atomic E-state index is 0.00130. The first-order valence-corrected chi connectivity index (χ1v) is 6.67. The molecule has 1 amide bonds.